The molecule has 1 aromatic heterocycles. The number of nitrogens with zero attached hydrogens (tertiary/aromatic N) is 2. The van der Waals surface area contributed by atoms with E-state index in [-0.39, 0.29) is 10.9 Å². The monoisotopic (exact) mass is 357 g/mol. The van der Waals surface area contributed by atoms with Crippen LogP contribution in [-0.4, -0.2) is 17.0 Å². The van der Waals surface area contributed by atoms with Gasteiger partial charge in [-0.2, -0.15) is 0 Å². The molecule has 0 unspecified atom stereocenters. The second-order valence-corrected chi connectivity index (χ2v) is 5.80. The van der Waals surface area contributed by atoms with Gasteiger partial charge in [-0.1, -0.05) is 31.5 Å². The summed E-state index contributed by atoms with van der Waals surface area (Å²) in [5.41, 5.74) is 1.11. The van der Waals surface area contributed by atoms with Crippen LogP contribution in [0.4, 0.5) is 10.2 Å². The van der Waals surface area contributed by atoms with Crippen molar-refractivity contribution < 1.29 is 4.39 Å². The molecule has 3 nitrogen and oxygen atoms in total. The van der Waals surface area contributed by atoms with Crippen molar-refractivity contribution in [2.24, 2.45) is 0 Å². The summed E-state index contributed by atoms with van der Waals surface area (Å²) in [6, 6.07) is 4.80. The molecule has 0 aliphatic rings. The van der Waals surface area contributed by atoms with E-state index in [2.05, 4.69) is 31.2 Å². The third-order valence-electron chi connectivity index (χ3n) is 2.85. The van der Waals surface area contributed by atoms with E-state index in [9.17, 15) is 4.39 Å². The highest BCUT2D eigenvalue weighted by atomic mass is 79.9. The maximum absolute atomic E-state index is 14.1. The molecule has 0 atom stereocenters. The quantitative estimate of drug-likeness (QED) is 0.851. The van der Waals surface area contributed by atoms with E-state index in [4.69, 9.17) is 11.6 Å². The largest absolute Gasteiger partial charge is 0.372 e. The lowest BCUT2D eigenvalue weighted by Crippen LogP contribution is -2.05. The Labute approximate surface area is 130 Å². The van der Waals surface area contributed by atoms with Gasteiger partial charge in [0.15, 0.2) is 11.6 Å². The summed E-state index contributed by atoms with van der Waals surface area (Å²) < 4.78 is 14.9. The fraction of sp³-hybridized carbons (Fsp3) is 0.286. The van der Waals surface area contributed by atoms with Crippen LogP contribution in [-0.2, 0) is 0 Å². The Morgan fingerprint density at radius 2 is 2.00 bits per heavy atom. The first-order valence-electron chi connectivity index (χ1n) is 6.15. The standard InChI is InChI=1S/C14H14BrClFN3/c1-7(2)12-10(15)14(18-3)20-13(19-12)8-5-4-6-9(16)11(8)17/h4-7H,1-3H3,(H,18,19,20). The zero-order chi connectivity index (χ0) is 14.9. The lowest BCUT2D eigenvalue weighted by Gasteiger charge is -2.14. The van der Waals surface area contributed by atoms with Gasteiger partial charge in [0.05, 0.1) is 20.8 Å². The molecule has 0 saturated carbocycles. The molecule has 0 saturated heterocycles. The highest BCUT2D eigenvalue weighted by Crippen LogP contribution is 2.33. The predicted molar refractivity (Wildman–Crippen MR) is 83.8 cm³/mol. The molecule has 0 bridgehead atoms. The number of anilines is 1. The van der Waals surface area contributed by atoms with Crippen molar-refractivity contribution in [1.82, 2.24) is 9.97 Å². The van der Waals surface area contributed by atoms with E-state index < -0.39 is 5.82 Å². The minimum Gasteiger partial charge on any atom is -0.372 e. The van der Waals surface area contributed by atoms with E-state index in [0.29, 0.717) is 17.2 Å². The summed E-state index contributed by atoms with van der Waals surface area (Å²) in [6.45, 7) is 4.04. The highest BCUT2D eigenvalue weighted by molar-refractivity contribution is 9.10. The highest BCUT2D eigenvalue weighted by Gasteiger charge is 2.18. The summed E-state index contributed by atoms with van der Waals surface area (Å²) in [7, 11) is 1.76. The topological polar surface area (TPSA) is 37.8 Å². The molecule has 2 rings (SSSR count). The molecule has 0 aliphatic heterocycles. The SMILES string of the molecule is CNc1nc(-c2cccc(Cl)c2F)nc(C(C)C)c1Br. The number of rotatable bonds is 3. The van der Waals surface area contributed by atoms with Gasteiger partial charge in [-0.3, -0.25) is 0 Å². The van der Waals surface area contributed by atoms with Crippen LogP contribution < -0.4 is 5.32 Å². The van der Waals surface area contributed by atoms with E-state index in [1.54, 1.807) is 19.2 Å². The van der Waals surface area contributed by atoms with Crippen molar-refractivity contribution in [2.45, 2.75) is 19.8 Å². The number of benzene rings is 1. The van der Waals surface area contributed by atoms with Gasteiger partial charge >= 0.3 is 0 Å². The van der Waals surface area contributed by atoms with E-state index >= 15 is 0 Å². The van der Waals surface area contributed by atoms with Crippen molar-refractivity contribution in [3.05, 3.63) is 39.2 Å². The molecule has 106 valence electrons. The van der Waals surface area contributed by atoms with E-state index in [1.807, 2.05) is 13.8 Å². The van der Waals surface area contributed by atoms with Crippen LogP contribution in [0.15, 0.2) is 22.7 Å². The first-order valence-corrected chi connectivity index (χ1v) is 7.32. The zero-order valence-electron chi connectivity index (χ0n) is 11.3. The van der Waals surface area contributed by atoms with Crippen LogP contribution in [0.3, 0.4) is 0 Å². The normalized spacial score (nSPS) is 10.9. The number of aromatic nitrogens is 2. The molecule has 0 radical (unpaired) electrons. The van der Waals surface area contributed by atoms with Crippen LogP contribution >= 0.6 is 27.5 Å². The Bertz CT molecular complexity index is 647. The molecule has 2 aromatic rings. The molecule has 0 fully saturated rings. The van der Waals surface area contributed by atoms with Crippen LogP contribution in [0.2, 0.25) is 5.02 Å². The summed E-state index contributed by atoms with van der Waals surface area (Å²) >= 11 is 9.29. The fourth-order valence-corrected chi connectivity index (χ4v) is 2.82. The van der Waals surface area contributed by atoms with Gasteiger partial charge < -0.3 is 5.32 Å². The third-order valence-corrected chi connectivity index (χ3v) is 3.93. The first-order chi connectivity index (χ1) is 9.45. The van der Waals surface area contributed by atoms with E-state index in [0.717, 1.165) is 10.2 Å². The minimum absolute atomic E-state index is 0.0612. The minimum atomic E-state index is -0.506. The summed E-state index contributed by atoms with van der Waals surface area (Å²) in [6.07, 6.45) is 0. The van der Waals surface area contributed by atoms with Gasteiger partial charge in [-0.15, -0.1) is 0 Å². The van der Waals surface area contributed by atoms with Crippen LogP contribution in [0.5, 0.6) is 0 Å². The summed E-state index contributed by atoms with van der Waals surface area (Å²) in [5.74, 6) is 0.619. The molecule has 0 amide bonds. The van der Waals surface area contributed by atoms with Crippen molar-refractivity contribution in [3.8, 4) is 11.4 Å². The van der Waals surface area contributed by atoms with Crippen LogP contribution in [0.25, 0.3) is 11.4 Å². The lowest BCUT2D eigenvalue weighted by atomic mass is 10.1. The van der Waals surface area contributed by atoms with Gasteiger partial charge in [0.1, 0.15) is 5.82 Å². The maximum Gasteiger partial charge on any atom is 0.164 e. The van der Waals surface area contributed by atoms with Crippen LogP contribution in [0.1, 0.15) is 25.5 Å². The summed E-state index contributed by atoms with van der Waals surface area (Å²) in [4.78, 5) is 8.79. The molecule has 1 heterocycles. The van der Waals surface area contributed by atoms with Crippen molar-refractivity contribution >= 4 is 33.3 Å². The number of hydrogen-bond acceptors (Lipinski definition) is 3. The summed E-state index contributed by atoms with van der Waals surface area (Å²) in [5, 5.41) is 3.04. The second-order valence-electron chi connectivity index (χ2n) is 4.60. The van der Waals surface area contributed by atoms with Gasteiger partial charge in [0.2, 0.25) is 0 Å². The smallest absolute Gasteiger partial charge is 0.164 e. The zero-order valence-corrected chi connectivity index (χ0v) is 13.7. The van der Waals surface area contributed by atoms with Crippen molar-refractivity contribution in [2.75, 3.05) is 12.4 Å². The Morgan fingerprint density at radius 3 is 2.60 bits per heavy atom. The Kier molecular flexibility index (Phi) is 4.60. The van der Waals surface area contributed by atoms with Gasteiger partial charge in [-0.05, 0) is 34.0 Å². The average Bonchev–Trinajstić information content (AvgIpc) is 2.42. The number of hydrogen-bond donors (Lipinski definition) is 1. The third kappa shape index (κ3) is 2.79. The average molecular weight is 359 g/mol. The molecule has 1 N–H and O–H groups in total. The molecule has 0 aliphatic carbocycles. The van der Waals surface area contributed by atoms with Gasteiger partial charge in [0, 0.05) is 7.05 Å². The molecular weight excluding hydrogens is 345 g/mol. The van der Waals surface area contributed by atoms with Gasteiger partial charge in [0.25, 0.3) is 0 Å². The molecule has 0 spiro atoms. The second kappa shape index (κ2) is 6.06. The maximum atomic E-state index is 14.1. The Balaban J connectivity index is 2.68. The molecule has 6 heteroatoms. The van der Waals surface area contributed by atoms with Gasteiger partial charge in [-0.25, -0.2) is 14.4 Å². The van der Waals surface area contributed by atoms with E-state index in [1.165, 1.54) is 6.07 Å². The number of halogens is 3. The Morgan fingerprint density at radius 1 is 1.30 bits per heavy atom. The van der Waals surface area contributed by atoms with Crippen LogP contribution in [0, 0.1) is 5.82 Å². The van der Waals surface area contributed by atoms with Crippen molar-refractivity contribution in [1.29, 1.82) is 0 Å². The fourth-order valence-electron chi connectivity index (χ4n) is 1.81. The molecule has 20 heavy (non-hydrogen) atoms. The lowest BCUT2D eigenvalue weighted by molar-refractivity contribution is 0.630. The number of nitrogens with one attached hydrogen (secondary N) is 1. The predicted octanol–water partition coefficient (Wildman–Crippen LogP) is 4.86. The Hall–Kier alpha value is -1.20. The first kappa shape index (κ1) is 15.2. The van der Waals surface area contributed by atoms with Crippen molar-refractivity contribution in [3.63, 3.8) is 0 Å². The molecular formula is C14H14BrClFN3. The molecule has 1 aromatic carbocycles.